The van der Waals surface area contributed by atoms with E-state index >= 15 is 0 Å². The molecule has 5 rings (SSSR count). The van der Waals surface area contributed by atoms with E-state index in [1.807, 2.05) is 48.9 Å². The zero-order valence-electron chi connectivity index (χ0n) is 29.2. The second-order valence-electron chi connectivity index (χ2n) is 13.9. The molecule has 0 saturated heterocycles. The summed E-state index contributed by atoms with van der Waals surface area (Å²) in [4.78, 5) is 6.16. The molecule has 3 aromatic carbocycles. The minimum atomic E-state index is -3.95. The van der Waals surface area contributed by atoms with Gasteiger partial charge in [0.2, 0.25) is 0 Å². The largest absolute Gasteiger partial charge is 0.361 e. The number of hydrogen-bond donors (Lipinski definition) is 1. The minimum absolute atomic E-state index is 0.187. The third kappa shape index (κ3) is 7.50. The summed E-state index contributed by atoms with van der Waals surface area (Å²) in [6.07, 6.45) is 5.42. The van der Waals surface area contributed by atoms with Crippen LogP contribution in [0.1, 0.15) is 41.9 Å². The first-order valence-electron chi connectivity index (χ1n) is 15.9. The van der Waals surface area contributed by atoms with E-state index in [0.717, 1.165) is 33.1 Å². The fraction of sp³-hybridized carbons (Fsp3) is 0.333. The number of imidazole rings is 1. The Hall–Kier alpha value is -3.51. The maximum absolute atomic E-state index is 14.1. The van der Waals surface area contributed by atoms with Crippen LogP contribution < -0.4 is 5.14 Å². The van der Waals surface area contributed by atoms with Crippen LogP contribution in [0.3, 0.4) is 0 Å². The molecule has 0 aliphatic heterocycles. The lowest BCUT2D eigenvalue weighted by Crippen LogP contribution is -2.30. The Bertz CT molecular complexity index is 2260. The molecule has 0 amide bonds. The Balaban J connectivity index is 1.83. The summed E-state index contributed by atoms with van der Waals surface area (Å²) in [6, 6.07) is 19.1. The molecule has 258 valence electrons. The third-order valence-corrected chi connectivity index (χ3v) is 13.8. The maximum atomic E-state index is 14.1. The molecular formula is C36H43N5O4S3Si. The van der Waals surface area contributed by atoms with E-state index in [2.05, 4.69) is 25.7 Å². The fourth-order valence-corrected chi connectivity index (χ4v) is 8.78. The molecule has 5 aromatic rings. The van der Waals surface area contributed by atoms with Crippen molar-refractivity contribution in [2.24, 2.45) is 5.14 Å². The molecule has 0 aliphatic rings. The van der Waals surface area contributed by atoms with Gasteiger partial charge < -0.3 is 4.74 Å². The van der Waals surface area contributed by atoms with E-state index < -0.39 is 33.8 Å². The van der Waals surface area contributed by atoms with Gasteiger partial charge in [0.15, 0.2) is 0 Å². The Kier molecular flexibility index (Phi) is 10.5. The van der Waals surface area contributed by atoms with E-state index in [1.165, 1.54) is 15.7 Å². The molecule has 0 fully saturated rings. The van der Waals surface area contributed by atoms with Crippen molar-refractivity contribution in [2.75, 3.05) is 12.9 Å². The van der Waals surface area contributed by atoms with Crippen molar-refractivity contribution in [3.05, 3.63) is 94.9 Å². The predicted molar refractivity (Wildman–Crippen MR) is 204 cm³/mol. The minimum Gasteiger partial charge on any atom is -0.361 e. The van der Waals surface area contributed by atoms with Crippen molar-refractivity contribution in [3.8, 4) is 6.07 Å². The van der Waals surface area contributed by atoms with Crippen molar-refractivity contribution in [2.45, 2.75) is 74.6 Å². The van der Waals surface area contributed by atoms with Crippen LogP contribution in [0.15, 0.2) is 76.7 Å². The molecule has 0 spiro atoms. The second kappa shape index (κ2) is 14.0. The molecule has 2 aromatic heterocycles. The van der Waals surface area contributed by atoms with Gasteiger partial charge in [-0.05, 0) is 88.0 Å². The SMILES string of the molecule is CSc1cc(C)c2c(ccn2S(=O)(=O)c2ccc(C)cc2)c1C(=CC(C)(C)S(N)=O)c1nc2cc(C#N)ccc2n1COCC[Si](C)(C)C. The molecule has 1 unspecified atom stereocenters. The van der Waals surface area contributed by atoms with Crippen LogP contribution in [0.2, 0.25) is 25.7 Å². The normalized spacial score (nSPS) is 13.7. The molecule has 49 heavy (non-hydrogen) atoms. The van der Waals surface area contributed by atoms with Gasteiger partial charge in [-0.2, -0.15) is 5.26 Å². The first kappa shape index (κ1) is 36.8. The Morgan fingerprint density at radius 1 is 1.12 bits per heavy atom. The first-order valence-corrected chi connectivity index (χ1v) is 23.5. The fourth-order valence-electron chi connectivity index (χ4n) is 5.66. The number of ether oxygens (including phenoxy) is 1. The van der Waals surface area contributed by atoms with E-state index in [1.54, 1.807) is 56.4 Å². The van der Waals surface area contributed by atoms with Crippen molar-refractivity contribution in [1.29, 1.82) is 5.26 Å². The van der Waals surface area contributed by atoms with Gasteiger partial charge in [-0.15, -0.1) is 11.8 Å². The zero-order chi connectivity index (χ0) is 35.9. The van der Waals surface area contributed by atoms with Crippen LogP contribution in [0, 0.1) is 25.2 Å². The number of hydrogen-bond acceptors (Lipinski definition) is 7. The van der Waals surface area contributed by atoms with Gasteiger partial charge in [-0.25, -0.2) is 21.6 Å². The molecule has 0 saturated carbocycles. The Morgan fingerprint density at radius 2 is 1.82 bits per heavy atom. The average Bonchev–Trinajstić information content (AvgIpc) is 3.64. The van der Waals surface area contributed by atoms with Gasteiger partial charge >= 0.3 is 0 Å². The van der Waals surface area contributed by atoms with Gasteiger partial charge in [0.05, 0.1) is 48.8 Å². The number of nitriles is 1. The molecule has 0 radical (unpaired) electrons. The van der Waals surface area contributed by atoms with Crippen molar-refractivity contribution in [3.63, 3.8) is 0 Å². The monoisotopic (exact) mass is 733 g/mol. The molecular weight excluding hydrogens is 691 g/mol. The molecule has 0 aliphatic carbocycles. The zero-order valence-corrected chi connectivity index (χ0v) is 32.6. The van der Waals surface area contributed by atoms with Crippen molar-refractivity contribution in [1.82, 2.24) is 13.5 Å². The van der Waals surface area contributed by atoms with Gasteiger partial charge in [0, 0.05) is 42.3 Å². The summed E-state index contributed by atoms with van der Waals surface area (Å²) < 4.78 is 49.7. The lowest BCUT2D eigenvalue weighted by Gasteiger charge is -2.23. The number of thioether (sulfide) groups is 1. The lowest BCUT2D eigenvalue weighted by atomic mass is 9.95. The van der Waals surface area contributed by atoms with Crippen molar-refractivity contribution >= 4 is 68.4 Å². The van der Waals surface area contributed by atoms with E-state index in [4.69, 9.17) is 14.9 Å². The summed E-state index contributed by atoms with van der Waals surface area (Å²) >= 11 is 1.53. The van der Waals surface area contributed by atoms with Gasteiger partial charge in [-0.3, -0.25) is 9.71 Å². The number of aryl methyl sites for hydroxylation is 2. The number of rotatable bonds is 12. The molecule has 2 heterocycles. The van der Waals surface area contributed by atoms with Crippen LogP contribution in [-0.4, -0.2) is 51.8 Å². The average molecular weight is 734 g/mol. The number of benzene rings is 3. The lowest BCUT2D eigenvalue weighted by molar-refractivity contribution is 0.0893. The van der Waals surface area contributed by atoms with Gasteiger partial charge in [0.1, 0.15) is 12.6 Å². The standard InChI is InChI=1S/C36H43N5O4S3Si/c1-24-9-12-27(13-10-24)48(43,44)41-16-15-28-33(32(46-5)19-25(2)34(28)41)29(21-36(3,4)47(38)42)35-39-30-20-26(22-37)11-14-31(30)40(35)23-45-17-18-49(6,7)8/h9-16,19-21H,17-18,23,38H2,1-8H3. The topological polar surface area (TPSA) is 133 Å². The number of nitrogens with zero attached hydrogens (tertiary/aromatic N) is 4. The number of nitrogens with two attached hydrogens (primary N) is 1. The highest BCUT2D eigenvalue weighted by molar-refractivity contribution is 7.98. The van der Waals surface area contributed by atoms with Crippen LogP contribution in [0.5, 0.6) is 0 Å². The number of aromatic nitrogens is 3. The summed E-state index contributed by atoms with van der Waals surface area (Å²) in [6.45, 7) is 15.1. The van der Waals surface area contributed by atoms with Crippen molar-refractivity contribution < 1.29 is 17.4 Å². The van der Waals surface area contributed by atoms with E-state index in [0.29, 0.717) is 40.0 Å². The van der Waals surface area contributed by atoms with Gasteiger partial charge in [-0.1, -0.05) is 43.4 Å². The summed E-state index contributed by atoms with van der Waals surface area (Å²) in [5.41, 5.74) is 5.50. The van der Waals surface area contributed by atoms with E-state index in [9.17, 15) is 17.9 Å². The smallest absolute Gasteiger partial charge is 0.268 e. The molecule has 13 heteroatoms. The molecule has 0 bridgehead atoms. The van der Waals surface area contributed by atoms with Crippen LogP contribution >= 0.6 is 11.8 Å². The third-order valence-electron chi connectivity index (χ3n) is 8.50. The quantitative estimate of drug-likeness (QED) is 0.0794. The highest BCUT2D eigenvalue weighted by Crippen LogP contribution is 2.42. The predicted octanol–water partition coefficient (Wildman–Crippen LogP) is 7.58. The van der Waals surface area contributed by atoms with Crippen LogP contribution in [-0.2, 0) is 32.5 Å². The summed E-state index contributed by atoms with van der Waals surface area (Å²) in [5, 5.41) is 16.4. The highest BCUT2D eigenvalue weighted by Gasteiger charge is 2.30. The molecule has 9 nitrogen and oxygen atoms in total. The summed E-state index contributed by atoms with van der Waals surface area (Å²) in [5.74, 6) is 0.534. The summed E-state index contributed by atoms with van der Waals surface area (Å²) in [7, 11) is -7.08. The second-order valence-corrected chi connectivity index (χ2v) is 23.9. The van der Waals surface area contributed by atoms with Gasteiger partial charge in [0.25, 0.3) is 10.0 Å². The number of fused-ring (bicyclic) bond motifs is 2. The van der Waals surface area contributed by atoms with E-state index in [-0.39, 0.29) is 11.6 Å². The Morgan fingerprint density at radius 3 is 2.43 bits per heavy atom. The first-order chi connectivity index (χ1) is 23.0. The molecule has 2 N–H and O–H groups in total. The Labute approximate surface area is 296 Å². The maximum Gasteiger partial charge on any atom is 0.268 e. The highest BCUT2D eigenvalue weighted by atomic mass is 32.2. The van der Waals surface area contributed by atoms with Crippen LogP contribution in [0.25, 0.3) is 27.5 Å². The van der Waals surface area contributed by atoms with Crippen LogP contribution in [0.4, 0.5) is 0 Å². The molecule has 1 atom stereocenters.